The van der Waals surface area contributed by atoms with Gasteiger partial charge in [0.05, 0.1) is 6.10 Å². The van der Waals surface area contributed by atoms with Gasteiger partial charge in [-0.2, -0.15) is 0 Å². The summed E-state index contributed by atoms with van der Waals surface area (Å²) in [6.45, 7) is 9.04. The summed E-state index contributed by atoms with van der Waals surface area (Å²) in [6.07, 6.45) is 1.54. The first-order chi connectivity index (χ1) is 10.2. The van der Waals surface area contributed by atoms with Gasteiger partial charge >= 0.3 is 0 Å². The van der Waals surface area contributed by atoms with E-state index in [2.05, 4.69) is 31.7 Å². The van der Waals surface area contributed by atoms with Crippen molar-refractivity contribution in [2.75, 3.05) is 13.1 Å². The second-order valence-corrected chi connectivity index (χ2v) is 8.24. The van der Waals surface area contributed by atoms with E-state index >= 15 is 0 Å². The molecule has 3 unspecified atom stereocenters. The summed E-state index contributed by atoms with van der Waals surface area (Å²) < 4.78 is 0. The molecule has 22 heavy (non-hydrogen) atoms. The molecule has 3 N–H and O–H groups in total. The van der Waals surface area contributed by atoms with Crippen molar-refractivity contribution in [3.63, 3.8) is 0 Å². The number of likely N-dealkylation sites (tertiary alicyclic amines) is 1. The molecule has 124 valence electrons. The van der Waals surface area contributed by atoms with Gasteiger partial charge in [0.1, 0.15) is 0 Å². The first kappa shape index (κ1) is 17.7. The van der Waals surface area contributed by atoms with Crippen LogP contribution in [-0.4, -0.2) is 35.2 Å². The minimum atomic E-state index is -0.282. The molecule has 3 nitrogen and oxygen atoms in total. The second-order valence-electron chi connectivity index (χ2n) is 7.80. The molecule has 1 aliphatic heterocycles. The number of rotatable bonds is 4. The molecule has 0 amide bonds. The average molecular weight is 325 g/mol. The van der Waals surface area contributed by atoms with Crippen molar-refractivity contribution in [3.8, 4) is 0 Å². The van der Waals surface area contributed by atoms with Gasteiger partial charge in [0.2, 0.25) is 0 Å². The summed E-state index contributed by atoms with van der Waals surface area (Å²) in [4.78, 5) is 2.39. The lowest BCUT2D eigenvalue weighted by atomic mass is 9.80. The largest absolute Gasteiger partial charge is 0.393 e. The van der Waals surface area contributed by atoms with E-state index in [-0.39, 0.29) is 17.6 Å². The third-order valence-corrected chi connectivity index (χ3v) is 4.73. The molecule has 0 aromatic heterocycles. The smallest absolute Gasteiger partial charge is 0.0591 e. The monoisotopic (exact) mass is 324 g/mol. The molecule has 0 aliphatic carbocycles. The maximum Gasteiger partial charge on any atom is 0.0591 e. The maximum absolute atomic E-state index is 10.4. The Bertz CT molecular complexity index is 486. The van der Waals surface area contributed by atoms with Crippen LogP contribution in [0.1, 0.15) is 39.2 Å². The standard InChI is InChI=1S/C18H29ClN2O/c1-18(2,3)17(22)9-14-8-16(20)12-21(11-14)10-13-5-4-6-15(19)7-13/h4-7,14,16-17,22H,8-12,20H2,1-3H3. The summed E-state index contributed by atoms with van der Waals surface area (Å²) in [5.41, 5.74) is 7.38. The van der Waals surface area contributed by atoms with Crippen LogP contribution in [0.25, 0.3) is 0 Å². The number of hydrogen-bond acceptors (Lipinski definition) is 3. The van der Waals surface area contributed by atoms with E-state index in [4.69, 9.17) is 17.3 Å². The zero-order chi connectivity index (χ0) is 16.3. The molecule has 0 saturated carbocycles. The molecule has 2 rings (SSSR count). The summed E-state index contributed by atoms with van der Waals surface area (Å²) in [5.74, 6) is 0.456. The Morgan fingerprint density at radius 2 is 2.09 bits per heavy atom. The first-order valence-corrected chi connectivity index (χ1v) is 8.52. The molecule has 0 radical (unpaired) electrons. The molecule has 0 spiro atoms. The van der Waals surface area contributed by atoms with E-state index in [1.165, 1.54) is 5.56 Å². The van der Waals surface area contributed by atoms with Gasteiger partial charge in [-0.3, -0.25) is 4.90 Å². The quantitative estimate of drug-likeness (QED) is 0.893. The molecule has 1 saturated heterocycles. The Balaban J connectivity index is 1.96. The Morgan fingerprint density at radius 3 is 2.73 bits per heavy atom. The SMILES string of the molecule is CC(C)(C)C(O)CC1CC(N)CN(Cc2cccc(Cl)c2)C1. The van der Waals surface area contributed by atoms with Crippen molar-refractivity contribution in [2.45, 2.75) is 52.3 Å². The molecule has 1 fully saturated rings. The molecular formula is C18H29ClN2O. The Labute approximate surface area is 139 Å². The fourth-order valence-corrected chi connectivity index (χ4v) is 3.42. The van der Waals surface area contributed by atoms with Crippen LogP contribution in [0.3, 0.4) is 0 Å². The van der Waals surface area contributed by atoms with E-state index in [9.17, 15) is 5.11 Å². The Kier molecular flexibility index (Phi) is 5.89. The fraction of sp³-hybridized carbons (Fsp3) is 0.667. The third-order valence-electron chi connectivity index (χ3n) is 4.50. The van der Waals surface area contributed by atoms with Gasteiger partial charge < -0.3 is 10.8 Å². The number of aliphatic hydroxyl groups is 1. The molecule has 1 heterocycles. The number of nitrogens with two attached hydrogens (primary N) is 1. The number of nitrogens with zero attached hydrogens (tertiary/aromatic N) is 1. The van der Waals surface area contributed by atoms with Gasteiger partial charge in [-0.15, -0.1) is 0 Å². The molecule has 1 aliphatic rings. The Morgan fingerprint density at radius 1 is 1.36 bits per heavy atom. The van der Waals surface area contributed by atoms with Gasteiger partial charge in [0.25, 0.3) is 0 Å². The van der Waals surface area contributed by atoms with Gasteiger partial charge in [-0.25, -0.2) is 0 Å². The van der Waals surface area contributed by atoms with E-state index in [1.54, 1.807) is 0 Å². The lowest BCUT2D eigenvalue weighted by Gasteiger charge is -2.39. The summed E-state index contributed by atoms with van der Waals surface area (Å²) in [6, 6.07) is 8.19. The number of hydrogen-bond donors (Lipinski definition) is 2. The number of piperidine rings is 1. The number of aliphatic hydroxyl groups excluding tert-OH is 1. The molecule has 4 heteroatoms. The summed E-state index contributed by atoms with van der Waals surface area (Å²) >= 11 is 6.06. The number of benzene rings is 1. The topological polar surface area (TPSA) is 49.5 Å². The predicted molar refractivity (Wildman–Crippen MR) is 92.9 cm³/mol. The van der Waals surface area contributed by atoms with Crippen molar-refractivity contribution >= 4 is 11.6 Å². The minimum absolute atomic E-state index is 0.0701. The zero-order valence-electron chi connectivity index (χ0n) is 13.9. The highest BCUT2D eigenvalue weighted by Gasteiger charge is 2.30. The van der Waals surface area contributed by atoms with E-state index in [0.29, 0.717) is 5.92 Å². The van der Waals surface area contributed by atoms with Gasteiger partial charge in [-0.05, 0) is 41.9 Å². The van der Waals surface area contributed by atoms with Crippen molar-refractivity contribution in [2.24, 2.45) is 17.1 Å². The van der Waals surface area contributed by atoms with Crippen LogP contribution in [0.4, 0.5) is 0 Å². The minimum Gasteiger partial charge on any atom is -0.393 e. The molecule has 3 atom stereocenters. The number of halogens is 1. The van der Waals surface area contributed by atoms with Crippen LogP contribution < -0.4 is 5.73 Å². The van der Waals surface area contributed by atoms with Crippen LogP contribution in [0.15, 0.2) is 24.3 Å². The van der Waals surface area contributed by atoms with Crippen molar-refractivity contribution in [1.29, 1.82) is 0 Å². The Hall–Kier alpha value is -0.610. The highest BCUT2D eigenvalue weighted by Crippen LogP contribution is 2.29. The third kappa shape index (κ3) is 5.24. The maximum atomic E-state index is 10.4. The second kappa shape index (κ2) is 7.31. The van der Waals surface area contributed by atoms with Gasteiger partial charge in [0, 0.05) is 30.7 Å². The van der Waals surface area contributed by atoms with Crippen LogP contribution in [-0.2, 0) is 6.54 Å². The van der Waals surface area contributed by atoms with Crippen molar-refractivity contribution in [3.05, 3.63) is 34.9 Å². The first-order valence-electron chi connectivity index (χ1n) is 8.14. The molecule has 0 bridgehead atoms. The average Bonchev–Trinajstić information content (AvgIpc) is 2.36. The van der Waals surface area contributed by atoms with Gasteiger partial charge in [-0.1, -0.05) is 44.5 Å². The van der Waals surface area contributed by atoms with Crippen molar-refractivity contribution < 1.29 is 5.11 Å². The predicted octanol–water partition coefficient (Wildman–Crippen LogP) is 3.29. The fourth-order valence-electron chi connectivity index (χ4n) is 3.21. The normalized spacial score (nSPS) is 25.2. The van der Waals surface area contributed by atoms with Crippen LogP contribution in [0, 0.1) is 11.3 Å². The molecular weight excluding hydrogens is 296 g/mol. The molecule has 1 aromatic carbocycles. The highest BCUT2D eigenvalue weighted by atomic mass is 35.5. The lowest BCUT2D eigenvalue weighted by Crippen LogP contribution is -2.47. The summed E-state index contributed by atoms with van der Waals surface area (Å²) in [7, 11) is 0. The van der Waals surface area contributed by atoms with E-state index in [0.717, 1.165) is 37.5 Å². The van der Waals surface area contributed by atoms with Crippen LogP contribution >= 0.6 is 11.6 Å². The van der Waals surface area contributed by atoms with Gasteiger partial charge in [0.15, 0.2) is 0 Å². The lowest BCUT2D eigenvalue weighted by molar-refractivity contribution is 0.0233. The van der Waals surface area contributed by atoms with E-state index in [1.807, 2.05) is 18.2 Å². The molecule has 1 aromatic rings. The summed E-state index contributed by atoms with van der Waals surface area (Å²) in [5, 5.41) is 11.1. The van der Waals surface area contributed by atoms with Crippen LogP contribution in [0.5, 0.6) is 0 Å². The van der Waals surface area contributed by atoms with E-state index < -0.39 is 0 Å². The van der Waals surface area contributed by atoms with Crippen molar-refractivity contribution in [1.82, 2.24) is 4.90 Å². The van der Waals surface area contributed by atoms with Crippen LogP contribution in [0.2, 0.25) is 5.02 Å². The zero-order valence-corrected chi connectivity index (χ0v) is 14.7. The highest BCUT2D eigenvalue weighted by molar-refractivity contribution is 6.30.